The summed E-state index contributed by atoms with van der Waals surface area (Å²) in [7, 11) is 0. The number of nitrogens with one attached hydrogen (secondary N) is 1. The van der Waals surface area contributed by atoms with Crippen LogP contribution in [-0.4, -0.2) is 45.0 Å². The van der Waals surface area contributed by atoms with E-state index in [2.05, 4.69) is 20.1 Å². The van der Waals surface area contributed by atoms with E-state index in [1.54, 1.807) is 18.2 Å². The molecule has 9 heteroatoms. The van der Waals surface area contributed by atoms with Crippen LogP contribution in [0.3, 0.4) is 0 Å². The third-order valence-corrected chi connectivity index (χ3v) is 5.15. The fourth-order valence-electron chi connectivity index (χ4n) is 3.73. The van der Waals surface area contributed by atoms with Crippen LogP contribution < -0.4 is 5.32 Å². The topological polar surface area (TPSA) is 63.1 Å². The van der Waals surface area contributed by atoms with Crippen molar-refractivity contribution in [3.63, 3.8) is 0 Å². The van der Waals surface area contributed by atoms with Crippen molar-refractivity contribution in [2.45, 2.75) is 38.4 Å². The Morgan fingerprint density at radius 1 is 1.19 bits per heavy atom. The van der Waals surface area contributed by atoms with Gasteiger partial charge in [0.05, 0.1) is 5.92 Å². The lowest BCUT2D eigenvalue weighted by atomic mass is 9.98. The van der Waals surface area contributed by atoms with Crippen molar-refractivity contribution in [2.75, 3.05) is 18.4 Å². The molecule has 1 saturated heterocycles. The van der Waals surface area contributed by atoms with Gasteiger partial charge in [-0.3, -0.25) is 0 Å². The summed E-state index contributed by atoms with van der Waals surface area (Å²) in [6.07, 6.45) is -1.92. The van der Waals surface area contributed by atoms with Crippen molar-refractivity contribution in [1.82, 2.24) is 19.7 Å². The number of urea groups is 1. The van der Waals surface area contributed by atoms with E-state index in [1.165, 1.54) is 4.90 Å². The number of piperidine rings is 1. The van der Waals surface area contributed by atoms with Crippen molar-refractivity contribution in [3.05, 3.63) is 30.1 Å². The number of amides is 2. The maximum absolute atomic E-state index is 13.0. The number of rotatable bonds is 2. The summed E-state index contributed by atoms with van der Waals surface area (Å²) < 4.78 is 40.9. The number of benzene rings is 1. The summed E-state index contributed by atoms with van der Waals surface area (Å²) in [4.78, 5) is 13.7. The van der Waals surface area contributed by atoms with Gasteiger partial charge in [0, 0.05) is 37.3 Å². The Hall–Kier alpha value is -2.58. The lowest BCUT2D eigenvalue weighted by molar-refractivity contribution is -0.183. The Kier molecular flexibility index (Phi) is 4.53. The number of nitrogens with zero attached hydrogens (tertiary/aromatic N) is 4. The number of carbonyl (C=O) groups is 1. The van der Waals surface area contributed by atoms with Gasteiger partial charge in [0.1, 0.15) is 5.82 Å². The van der Waals surface area contributed by atoms with E-state index in [1.807, 2.05) is 6.07 Å². The lowest BCUT2D eigenvalue weighted by Gasteiger charge is -2.33. The molecule has 6 nitrogen and oxygen atoms in total. The number of hydrogen-bond acceptors (Lipinski definition) is 3. The van der Waals surface area contributed by atoms with Gasteiger partial charge in [0.15, 0.2) is 5.82 Å². The Morgan fingerprint density at radius 2 is 2.04 bits per heavy atom. The molecule has 1 atom stereocenters. The average molecular weight is 379 g/mol. The number of halogens is 3. The van der Waals surface area contributed by atoms with Gasteiger partial charge in [-0.05, 0) is 31.4 Å². The van der Waals surface area contributed by atoms with E-state index in [0.717, 1.165) is 36.6 Å². The van der Waals surface area contributed by atoms with Crippen LogP contribution in [0.4, 0.5) is 23.7 Å². The van der Waals surface area contributed by atoms with Gasteiger partial charge in [-0.1, -0.05) is 12.1 Å². The number of likely N-dealkylation sites (tertiary alicyclic amines) is 1. The minimum atomic E-state index is -4.27. The molecule has 2 aliphatic heterocycles. The molecule has 3 heterocycles. The minimum Gasteiger partial charge on any atom is -0.324 e. The maximum Gasteiger partial charge on any atom is 0.393 e. The van der Waals surface area contributed by atoms with Crippen LogP contribution in [0.1, 0.15) is 25.1 Å². The van der Waals surface area contributed by atoms with E-state index in [0.29, 0.717) is 18.7 Å². The highest BCUT2D eigenvalue weighted by molar-refractivity contribution is 5.90. The van der Waals surface area contributed by atoms with Gasteiger partial charge in [-0.15, -0.1) is 10.2 Å². The van der Waals surface area contributed by atoms with Crippen LogP contribution in [0, 0.1) is 5.92 Å². The Balaban J connectivity index is 1.47. The normalized spacial score (nSPS) is 19.8. The second kappa shape index (κ2) is 6.86. The molecule has 27 heavy (non-hydrogen) atoms. The summed E-state index contributed by atoms with van der Waals surface area (Å²) in [5.74, 6) is 0.238. The number of carbonyl (C=O) groups excluding carboxylic acids is 1. The SMILES string of the molecule is O=C(Nc1cccc(-c2nnc3n2CCC3)c1)N1CCC[C@@H](C(F)(F)F)C1. The predicted octanol–water partition coefficient (Wildman–Crippen LogP) is 3.70. The lowest BCUT2D eigenvalue weighted by Crippen LogP contribution is -2.46. The first-order valence-electron chi connectivity index (χ1n) is 9.07. The van der Waals surface area contributed by atoms with Gasteiger partial charge >= 0.3 is 12.2 Å². The van der Waals surface area contributed by atoms with E-state index in [-0.39, 0.29) is 13.0 Å². The van der Waals surface area contributed by atoms with E-state index < -0.39 is 18.1 Å². The minimum absolute atomic E-state index is 0.0702. The summed E-state index contributed by atoms with van der Waals surface area (Å²) in [5.41, 5.74) is 1.35. The second-order valence-electron chi connectivity index (χ2n) is 7.03. The summed E-state index contributed by atoms with van der Waals surface area (Å²) >= 11 is 0. The molecule has 0 aliphatic carbocycles. The average Bonchev–Trinajstić information content (AvgIpc) is 3.25. The quantitative estimate of drug-likeness (QED) is 0.866. The molecule has 144 valence electrons. The molecule has 0 radical (unpaired) electrons. The van der Waals surface area contributed by atoms with E-state index >= 15 is 0 Å². The molecule has 1 aromatic heterocycles. The molecular formula is C18H20F3N5O. The predicted molar refractivity (Wildman–Crippen MR) is 93.1 cm³/mol. The molecule has 0 spiro atoms. The monoisotopic (exact) mass is 379 g/mol. The first-order valence-corrected chi connectivity index (χ1v) is 9.07. The summed E-state index contributed by atoms with van der Waals surface area (Å²) in [5, 5.41) is 11.1. The highest BCUT2D eigenvalue weighted by Gasteiger charge is 2.42. The van der Waals surface area contributed by atoms with Crippen LogP contribution in [0.2, 0.25) is 0 Å². The van der Waals surface area contributed by atoms with Crippen molar-refractivity contribution in [3.8, 4) is 11.4 Å². The molecule has 0 bridgehead atoms. The van der Waals surface area contributed by atoms with Crippen molar-refractivity contribution >= 4 is 11.7 Å². The number of fused-ring (bicyclic) bond motifs is 1. The maximum atomic E-state index is 13.0. The van der Waals surface area contributed by atoms with Crippen LogP contribution in [0.5, 0.6) is 0 Å². The van der Waals surface area contributed by atoms with Gasteiger partial charge in [0.2, 0.25) is 0 Å². The second-order valence-corrected chi connectivity index (χ2v) is 7.03. The highest BCUT2D eigenvalue weighted by Crippen LogP contribution is 2.33. The number of aryl methyl sites for hydroxylation is 1. The summed E-state index contributed by atoms with van der Waals surface area (Å²) in [6, 6.07) is 6.65. The third kappa shape index (κ3) is 3.63. The molecule has 2 amide bonds. The molecule has 4 rings (SSSR count). The first kappa shape index (κ1) is 17.8. The van der Waals surface area contributed by atoms with Crippen LogP contribution in [-0.2, 0) is 13.0 Å². The third-order valence-electron chi connectivity index (χ3n) is 5.15. The highest BCUT2D eigenvalue weighted by atomic mass is 19.4. The molecule has 2 aromatic rings. The van der Waals surface area contributed by atoms with Gasteiger partial charge in [-0.25, -0.2) is 4.79 Å². The van der Waals surface area contributed by atoms with Gasteiger partial charge in [-0.2, -0.15) is 13.2 Å². The molecule has 1 aromatic carbocycles. The molecular weight excluding hydrogens is 359 g/mol. The van der Waals surface area contributed by atoms with Crippen LogP contribution in [0.15, 0.2) is 24.3 Å². The molecule has 1 fully saturated rings. The van der Waals surface area contributed by atoms with Crippen molar-refractivity contribution in [1.29, 1.82) is 0 Å². The molecule has 0 unspecified atom stereocenters. The molecule has 2 aliphatic rings. The van der Waals surface area contributed by atoms with E-state index in [9.17, 15) is 18.0 Å². The number of alkyl halides is 3. The fraction of sp³-hybridized carbons (Fsp3) is 0.500. The Morgan fingerprint density at radius 3 is 2.85 bits per heavy atom. The number of anilines is 1. The fourth-order valence-corrected chi connectivity index (χ4v) is 3.73. The summed E-state index contributed by atoms with van der Waals surface area (Å²) in [6.45, 7) is 0.892. The van der Waals surface area contributed by atoms with Crippen LogP contribution >= 0.6 is 0 Å². The smallest absolute Gasteiger partial charge is 0.324 e. The van der Waals surface area contributed by atoms with Crippen LogP contribution in [0.25, 0.3) is 11.4 Å². The standard InChI is InChI=1S/C18H20F3N5O/c19-18(20,21)13-5-2-8-25(11-13)17(27)22-14-6-1-4-12(10-14)16-24-23-15-7-3-9-26(15)16/h1,4,6,10,13H,2-3,5,7-9,11H2,(H,22,27)/t13-/m1/s1. The zero-order chi connectivity index (χ0) is 19.0. The number of aromatic nitrogens is 3. The Labute approximate surface area is 154 Å². The zero-order valence-electron chi connectivity index (χ0n) is 14.7. The zero-order valence-corrected chi connectivity index (χ0v) is 14.7. The molecule has 1 N–H and O–H groups in total. The molecule has 0 saturated carbocycles. The Bertz CT molecular complexity index is 848. The van der Waals surface area contributed by atoms with Crippen molar-refractivity contribution in [2.24, 2.45) is 5.92 Å². The van der Waals surface area contributed by atoms with Gasteiger partial charge < -0.3 is 14.8 Å². The van der Waals surface area contributed by atoms with Crippen molar-refractivity contribution < 1.29 is 18.0 Å². The van der Waals surface area contributed by atoms with E-state index in [4.69, 9.17) is 0 Å². The largest absolute Gasteiger partial charge is 0.393 e. The number of hydrogen-bond donors (Lipinski definition) is 1. The van der Waals surface area contributed by atoms with Gasteiger partial charge in [0.25, 0.3) is 0 Å². The first-order chi connectivity index (χ1) is 12.9.